The number of nitrogens with one attached hydrogen (secondary N) is 1. The largest absolute Gasteiger partial charge is 0.436 e. The molecule has 0 saturated heterocycles. The molecule has 0 unspecified atom stereocenters. The van der Waals surface area contributed by atoms with Gasteiger partial charge in [0.25, 0.3) is 5.91 Å². The average molecular weight is 363 g/mol. The Hall–Kier alpha value is -3.11. The fourth-order valence-corrected chi connectivity index (χ4v) is 2.86. The third-order valence-electron chi connectivity index (χ3n) is 4.04. The lowest BCUT2D eigenvalue weighted by molar-refractivity contribution is 0.102. The molecule has 1 N–H and O–H groups in total. The summed E-state index contributed by atoms with van der Waals surface area (Å²) in [5, 5.41) is 3.29. The number of aromatic nitrogens is 1. The lowest BCUT2D eigenvalue weighted by atomic mass is 10.1. The van der Waals surface area contributed by atoms with Gasteiger partial charge in [-0.2, -0.15) is 0 Å². The van der Waals surface area contributed by atoms with E-state index in [-0.39, 0.29) is 5.91 Å². The minimum Gasteiger partial charge on any atom is -0.436 e. The summed E-state index contributed by atoms with van der Waals surface area (Å²) < 4.78 is 5.85. The number of carbonyl (C=O) groups is 1. The number of oxazole rings is 1. The summed E-state index contributed by atoms with van der Waals surface area (Å²) in [6.45, 7) is 2.00. The fourth-order valence-electron chi connectivity index (χ4n) is 2.69. The van der Waals surface area contributed by atoms with Crippen molar-refractivity contribution in [2.45, 2.75) is 6.92 Å². The van der Waals surface area contributed by atoms with Crippen molar-refractivity contribution in [3.05, 3.63) is 82.9 Å². The molecule has 0 aliphatic rings. The smallest absolute Gasteiger partial charge is 0.255 e. The number of nitrogens with zero attached hydrogens (tertiary/aromatic N) is 1. The van der Waals surface area contributed by atoms with Crippen molar-refractivity contribution in [2.75, 3.05) is 5.32 Å². The quantitative estimate of drug-likeness (QED) is 0.508. The van der Waals surface area contributed by atoms with E-state index in [0.717, 1.165) is 22.2 Å². The number of aryl methyl sites for hydroxylation is 1. The average Bonchev–Trinajstić information content (AvgIpc) is 3.07. The molecule has 5 heteroatoms. The summed E-state index contributed by atoms with van der Waals surface area (Å²) in [5.41, 5.74) is 4.43. The summed E-state index contributed by atoms with van der Waals surface area (Å²) >= 11 is 6.25. The Morgan fingerprint density at radius 2 is 1.85 bits per heavy atom. The number of hydrogen-bond donors (Lipinski definition) is 1. The highest BCUT2D eigenvalue weighted by Crippen LogP contribution is 2.31. The van der Waals surface area contributed by atoms with Crippen molar-refractivity contribution < 1.29 is 9.21 Å². The molecule has 0 spiro atoms. The molecule has 1 aromatic heterocycles. The van der Waals surface area contributed by atoms with Crippen LogP contribution < -0.4 is 5.32 Å². The monoisotopic (exact) mass is 362 g/mol. The number of halogens is 1. The van der Waals surface area contributed by atoms with Crippen molar-refractivity contribution >= 4 is 34.3 Å². The molecule has 128 valence electrons. The van der Waals surface area contributed by atoms with Crippen LogP contribution in [0.3, 0.4) is 0 Å². The topological polar surface area (TPSA) is 55.1 Å². The van der Waals surface area contributed by atoms with E-state index in [1.165, 1.54) is 0 Å². The van der Waals surface area contributed by atoms with E-state index >= 15 is 0 Å². The Morgan fingerprint density at radius 1 is 1.04 bits per heavy atom. The molecule has 3 aromatic carbocycles. The van der Waals surface area contributed by atoms with Crippen LogP contribution in [0.2, 0.25) is 5.02 Å². The van der Waals surface area contributed by atoms with E-state index in [1.807, 2.05) is 49.4 Å². The van der Waals surface area contributed by atoms with Crippen molar-refractivity contribution in [1.82, 2.24) is 4.98 Å². The Bertz CT molecular complexity index is 1100. The highest BCUT2D eigenvalue weighted by molar-refractivity contribution is 6.34. The van der Waals surface area contributed by atoms with Gasteiger partial charge in [-0.1, -0.05) is 35.9 Å². The Morgan fingerprint density at radius 3 is 2.65 bits per heavy atom. The molecular weight excluding hydrogens is 348 g/mol. The van der Waals surface area contributed by atoms with E-state index in [0.29, 0.717) is 22.2 Å². The third kappa shape index (κ3) is 3.19. The molecule has 26 heavy (non-hydrogen) atoms. The molecule has 0 saturated carbocycles. The first-order chi connectivity index (χ1) is 12.6. The number of fused-ring (bicyclic) bond motifs is 1. The number of benzene rings is 3. The summed E-state index contributed by atoms with van der Waals surface area (Å²) in [6.07, 6.45) is 0. The van der Waals surface area contributed by atoms with Crippen LogP contribution in [0.15, 0.2) is 71.1 Å². The van der Waals surface area contributed by atoms with Crippen LogP contribution in [0.5, 0.6) is 0 Å². The molecule has 0 fully saturated rings. The SMILES string of the molecule is Cc1ccc2nc(-c3ccc(Cl)c(NC(=O)c4ccccc4)c3)oc2c1. The van der Waals surface area contributed by atoms with Crippen LogP contribution in [0, 0.1) is 6.92 Å². The van der Waals surface area contributed by atoms with E-state index in [2.05, 4.69) is 10.3 Å². The van der Waals surface area contributed by atoms with E-state index in [1.54, 1.807) is 24.3 Å². The van der Waals surface area contributed by atoms with Gasteiger partial charge in [-0.05, 0) is 55.0 Å². The normalized spacial score (nSPS) is 10.8. The zero-order valence-corrected chi connectivity index (χ0v) is 14.7. The van der Waals surface area contributed by atoms with Gasteiger partial charge in [0.05, 0.1) is 10.7 Å². The van der Waals surface area contributed by atoms with Crippen LogP contribution in [-0.4, -0.2) is 10.9 Å². The van der Waals surface area contributed by atoms with Gasteiger partial charge in [0.15, 0.2) is 5.58 Å². The van der Waals surface area contributed by atoms with Crippen LogP contribution >= 0.6 is 11.6 Å². The van der Waals surface area contributed by atoms with Crippen molar-refractivity contribution in [3.63, 3.8) is 0 Å². The van der Waals surface area contributed by atoms with Gasteiger partial charge < -0.3 is 9.73 Å². The predicted octanol–water partition coefficient (Wildman–Crippen LogP) is 5.71. The van der Waals surface area contributed by atoms with Gasteiger partial charge in [0.2, 0.25) is 5.89 Å². The van der Waals surface area contributed by atoms with E-state index in [9.17, 15) is 4.79 Å². The Kier molecular flexibility index (Phi) is 4.19. The zero-order chi connectivity index (χ0) is 18.1. The molecule has 1 amide bonds. The first-order valence-electron chi connectivity index (χ1n) is 8.14. The van der Waals surface area contributed by atoms with Gasteiger partial charge in [0, 0.05) is 11.1 Å². The molecule has 0 aliphatic carbocycles. The Labute approximate surface area is 155 Å². The number of hydrogen-bond acceptors (Lipinski definition) is 3. The number of carbonyl (C=O) groups excluding carboxylic acids is 1. The predicted molar refractivity (Wildman–Crippen MR) is 104 cm³/mol. The summed E-state index contributed by atoms with van der Waals surface area (Å²) in [7, 11) is 0. The fraction of sp³-hybridized carbons (Fsp3) is 0.0476. The van der Waals surface area contributed by atoms with Gasteiger partial charge in [-0.15, -0.1) is 0 Å². The highest BCUT2D eigenvalue weighted by atomic mass is 35.5. The van der Waals surface area contributed by atoms with Crippen LogP contribution in [0.25, 0.3) is 22.6 Å². The molecule has 4 nitrogen and oxygen atoms in total. The molecule has 1 heterocycles. The van der Waals surface area contributed by atoms with Crippen molar-refractivity contribution in [2.24, 2.45) is 0 Å². The third-order valence-corrected chi connectivity index (χ3v) is 4.37. The van der Waals surface area contributed by atoms with Crippen LogP contribution in [0.1, 0.15) is 15.9 Å². The second-order valence-electron chi connectivity index (χ2n) is 6.00. The first kappa shape index (κ1) is 16.4. The summed E-state index contributed by atoms with van der Waals surface area (Å²) in [4.78, 5) is 16.9. The maximum Gasteiger partial charge on any atom is 0.255 e. The maximum atomic E-state index is 12.4. The van der Waals surface area contributed by atoms with Gasteiger partial charge >= 0.3 is 0 Å². The number of anilines is 1. The summed E-state index contributed by atoms with van der Waals surface area (Å²) in [6, 6.07) is 20.1. The second-order valence-corrected chi connectivity index (χ2v) is 6.41. The van der Waals surface area contributed by atoms with Gasteiger partial charge in [0.1, 0.15) is 5.52 Å². The van der Waals surface area contributed by atoms with Crippen LogP contribution in [0.4, 0.5) is 5.69 Å². The minimum atomic E-state index is -0.224. The van der Waals surface area contributed by atoms with E-state index in [4.69, 9.17) is 16.0 Å². The lowest BCUT2D eigenvalue weighted by Gasteiger charge is -2.08. The summed E-state index contributed by atoms with van der Waals surface area (Å²) in [5.74, 6) is 0.260. The first-order valence-corrected chi connectivity index (χ1v) is 8.51. The standard InChI is InChI=1S/C21H15ClN2O2/c1-13-7-10-17-19(11-13)26-21(24-17)15-8-9-16(22)18(12-15)23-20(25)14-5-3-2-4-6-14/h2-12H,1H3,(H,23,25). The van der Waals surface area contributed by atoms with Crippen molar-refractivity contribution in [1.29, 1.82) is 0 Å². The molecule has 4 rings (SSSR count). The molecular formula is C21H15ClN2O2. The molecule has 0 aliphatic heterocycles. The zero-order valence-electron chi connectivity index (χ0n) is 14.0. The van der Waals surface area contributed by atoms with E-state index < -0.39 is 0 Å². The number of rotatable bonds is 3. The molecule has 0 bridgehead atoms. The Balaban J connectivity index is 1.68. The highest BCUT2D eigenvalue weighted by Gasteiger charge is 2.13. The minimum absolute atomic E-state index is 0.224. The molecule has 0 radical (unpaired) electrons. The van der Waals surface area contributed by atoms with Crippen molar-refractivity contribution in [3.8, 4) is 11.5 Å². The van der Waals surface area contributed by atoms with Crippen LogP contribution in [-0.2, 0) is 0 Å². The van der Waals surface area contributed by atoms with Gasteiger partial charge in [-0.3, -0.25) is 4.79 Å². The van der Waals surface area contributed by atoms with Gasteiger partial charge in [-0.25, -0.2) is 4.98 Å². The second kappa shape index (κ2) is 6.65. The molecule has 4 aromatic rings. The molecule has 0 atom stereocenters. The maximum absolute atomic E-state index is 12.4. The number of amides is 1. The lowest BCUT2D eigenvalue weighted by Crippen LogP contribution is -2.12.